The number of nitrogens with one attached hydrogen (secondary N) is 1. The monoisotopic (exact) mass is 418 g/mol. The minimum absolute atomic E-state index is 0.0181. The number of rotatable bonds is 7. The number of amides is 1. The third-order valence-corrected chi connectivity index (χ3v) is 7.39. The van der Waals surface area contributed by atoms with E-state index in [-0.39, 0.29) is 24.2 Å². The predicted octanol–water partition coefficient (Wildman–Crippen LogP) is 3.32. The van der Waals surface area contributed by atoms with Gasteiger partial charge < -0.3 is 15.5 Å². The van der Waals surface area contributed by atoms with E-state index < -0.39 is 23.8 Å². The first-order valence-electron chi connectivity index (χ1n) is 8.89. The van der Waals surface area contributed by atoms with Crippen LogP contribution >= 0.6 is 23.1 Å². The highest BCUT2D eigenvalue weighted by atomic mass is 32.2. The molecule has 0 radical (unpaired) electrons. The molecule has 9 heteroatoms. The number of nitrogens with zero attached hydrogens (tertiary/aromatic N) is 1. The Morgan fingerprint density at radius 3 is 2.64 bits per heavy atom. The molecule has 1 aromatic heterocycles. The molecule has 4 atom stereocenters. The fourth-order valence-electron chi connectivity index (χ4n) is 4.01. The number of anilines is 1. The van der Waals surface area contributed by atoms with Crippen molar-refractivity contribution in [2.75, 3.05) is 11.1 Å². The lowest BCUT2D eigenvalue weighted by molar-refractivity contribution is -0.146. The molecule has 0 aliphatic heterocycles. The molecule has 4 rings (SSSR count). The van der Waals surface area contributed by atoms with Gasteiger partial charge in [0.2, 0.25) is 5.91 Å². The van der Waals surface area contributed by atoms with E-state index in [1.54, 1.807) is 12.1 Å². The maximum atomic E-state index is 12.8. The zero-order chi connectivity index (χ0) is 19.8. The van der Waals surface area contributed by atoms with Crippen molar-refractivity contribution >= 4 is 56.8 Å². The Morgan fingerprint density at radius 2 is 1.93 bits per heavy atom. The summed E-state index contributed by atoms with van der Waals surface area (Å²) in [5.41, 5.74) is 1.39. The number of carboxylic acid groups (broad SMARTS) is 2. The second kappa shape index (κ2) is 7.56. The second-order valence-electron chi connectivity index (χ2n) is 6.98. The summed E-state index contributed by atoms with van der Waals surface area (Å²) in [6.45, 7) is 0. The van der Waals surface area contributed by atoms with Crippen LogP contribution in [0.4, 0.5) is 5.69 Å². The lowest BCUT2D eigenvalue weighted by Gasteiger charge is -2.23. The minimum atomic E-state index is -0.919. The summed E-state index contributed by atoms with van der Waals surface area (Å²) in [7, 11) is 0. The lowest BCUT2D eigenvalue weighted by Crippen LogP contribution is -2.36. The van der Waals surface area contributed by atoms with Crippen molar-refractivity contribution in [1.82, 2.24) is 4.98 Å². The van der Waals surface area contributed by atoms with Gasteiger partial charge in [0.15, 0.2) is 4.34 Å². The molecule has 7 nitrogen and oxygen atoms in total. The molecule has 1 amide bonds. The van der Waals surface area contributed by atoms with E-state index >= 15 is 0 Å². The van der Waals surface area contributed by atoms with Gasteiger partial charge in [0, 0.05) is 11.4 Å². The maximum Gasteiger partial charge on any atom is 0.307 e. The molecule has 1 fully saturated rings. The minimum Gasteiger partial charge on any atom is -0.481 e. The van der Waals surface area contributed by atoms with Gasteiger partial charge in [-0.25, -0.2) is 4.98 Å². The van der Waals surface area contributed by atoms with Crippen LogP contribution in [0.3, 0.4) is 0 Å². The van der Waals surface area contributed by atoms with E-state index in [2.05, 4.69) is 10.3 Å². The second-order valence-corrected chi connectivity index (χ2v) is 9.35. The van der Waals surface area contributed by atoms with Crippen LogP contribution in [0.5, 0.6) is 0 Å². The first kappa shape index (κ1) is 18.9. The fraction of sp³-hybridized carbons (Fsp3) is 0.368. The number of fused-ring (bicyclic) bond motifs is 3. The van der Waals surface area contributed by atoms with Gasteiger partial charge in [0.25, 0.3) is 0 Å². The number of thiazole rings is 1. The van der Waals surface area contributed by atoms with Crippen LogP contribution in [0.25, 0.3) is 10.2 Å². The summed E-state index contributed by atoms with van der Waals surface area (Å²) >= 11 is 2.83. The first-order valence-corrected chi connectivity index (χ1v) is 10.7. The highest BCUT2D eigenvalue weighted by Gasteiger charge is 2.51. The van der Waals surface area contributed by atoms with Crippen molar-refractivity contribution < 1.29 is 24.6 Å². The van der Waals surface area contributed by atoms with Crippen molar-refractivity contribution in [1.29, 1.82) is 0 Å². The Kier molecular flexibility index (Phi) is 5.11. The van der Waals surface area contributed by atoms with Gasteiger partial charge in [-0.1, -0.05) is 23.9 Å². The molecule has 2 aliphatic rings. The zero-order valence-corrected chi connectivity index (χ0v) is 16.3. The molecule has 2 aliphatic carbocycles. The van der Waals surface area contributed by atoms with Crippen LogP contribution in [0.1, 0.15) is 12.8 Å². The van der Waals surface area contributed by atoms with Gasteiger partial charge in [-0.3, -0.25) is 14.4 Å². The number of benzene rings is 1. The smallest absolute Gasteiger partial charge is 0.307 e. The van der Waals surface area contributed by atoms with E-state index in [1.165, 1.54) is 23.1 Å². The fourth-order valence-corrected chi connectivity index (χ4v) is 6.12. The summed E-state index contributed by atoms with van der Waals surface area (Å²) in [4.78, 5) is 39.5. The number of carbonyl (C=O) groups is 3. The molecule has 146 valence electrons. The topological polar surface area (TPSA) is 117 Å². The zero-order valence-electron chi connectivity index (χ0n) is 14.7. The molecule has 0 saturated heterocycles. The van der Waals surface area contributed by atoms with Crippen molar-refractivity contribution in [3.8, 4) is 0 Å². The first-order chi connectivity index (χ1) is 13.4. The van der Waals surface area contributed by atoms with Crippen molar-refractivity contribution in [2.24, 2.45) is 23.7 Å². The molecule has 1 heterocycles. The predicted molar refractivity (Wildman–Crippen MR) is 107 cm³/mol. The highest BCUT2D eigenvalue weighted by molar-refractivity contribution is 8.01. The average molecular weight is 418 g/mol. The summed E-state index contributed by atoms with van der Waals surface area (Å²) in [6.07, 6.45) is 4.67. The number of carboxylic acids is 2. The standard InChI is InChI=1S/C19H18N2O5S2/c22-14(23)5-6-27-19-21-12-4-3-11(8-13(12)28-19)20-17(24)15-9-1-2-10(7-9)16(15)18(25)26/h1-4,8-10,15-16H,5-7H2,(H,20,24)(H,22,23)(H,25,26)/t9-,10-,15-,16+/m0/s1. The van der Waals surface area contributed by atoms with Gasteiger partial charge in [-0.2, -0.15) is 0 Å². The Hall–Kier alpha value is -2.39. The lowest BCUT2D eigenvalue weighted by atomic mass is 9.82. The maximum absolute atomic E-state index is 12.8. The van der Waals surface area contributed by atoms with E-state index in [4.69, 9.17) is 5.11 Å². The quantitative estimate of drug-likeness (QED) is 0.466. The van der Waals surface area contributed by atoms with Gasteiger partial charge in [-0.05, 0) is 36.5 Å². The van der Waals surface area contributed by atoms with Gasteiger partial charge in [-0.15, -0.1) is 11.3 Å². The SMILES string of the molecule is O=C(O)CCSc1nc2ccc(NC(=O)[C@@H]3[C@H](C(=O)O)[C@H]4C=C[C@H]3C4)cc2s1. The summed E-state index contributed by atoms with van der Waals surface area (Å²) < 4.78 is 1.67. The molecule has 2 bridgehead atoms. The summed E-state index contributed by atoms with van der Waals surface area (Å²) in [6, 6.07) is 5.38. The van der Waals surface area contributed by atoms with E-state index in [1.807, 2.05) is 18.2 Å². The normalized spacial score (nSPS) is 25.3. The van der Waals surface area contributed by atoms with Crippen molar-refractivity contribution in [3.05, 3.63) is 30.4 Å². The highest BCUT2D eigenvalue weighted by Crippen LogP contribution is 2.48. The van der Waals surface area contributed by atoms with Crippen molar-refractivity contribution in [2.45, 2.75) is 17.2 Å². The Morgan fingerprint density at radius 1 is 1.18 bits per heavy atom. The van der Waals surface area contributed by atoms with Crippen LogP contribution in [0.15, 0.2) is 34.7 Å². The molecule has 0 spiro atoms. The van der Waals surface area contributed by atoms with E-state index in [0.717, 1.165) is 21.0 Å². The van der Waals surface area contributed by atoms with Crippen molar-refractivity contribution in [3.63, 3.8) is 0 Å². The number of aliphatic carboxylic acids is 2. The Bertz CT molecular complexity index is 986. The number of hydrogen-bond acceptors (Lipinski definition) is 6. The third-order valence-electron chi connectivity index (χ3n) is 5.22. The Labute approximate surface area is 168 Å². The molecule has 1 saturated carbocycles. The van der Waals surface area contributed by atoms with Gasteiger partial charge >= 0.3 is 11.9 Å². The van der Waals surface area contributed by atoms with Gasteiger partial charge in [0.05, 0.1) is 28.5 Å². The van der Waals surface area contributed by atoms with Crippen LogP contribution in [-0.2, 0) is 14.4 Å². The molecular formula is C19H18N2O5S2. The van der Waals surface area contributed by atoms with Crippen LogP contribution in [0, 0.1) is 23.7 Å². The molecule has 1 aromatic carbocycles. The van der Waals surface area contributed by atoms with Gasteiger partial charge in [0.1, 0.15) is 0 Å². The third kappa shape index (κ3) is 3.64. The number of hydrogen-bond donors (Lipinski definition) is 3. The Balaban J connectivity index is 1.47. The average Bonchev–Trinajstić information content (AvgIpc) is 3.34. The van der Waals surface area contributed by atoms with Crippen LogP contribution in [-0.4, -0.2) is 38.8 Å². The number of allylic oxidation sites excluding steroid dienone is 2. The molecule has 2 aromatic rings. The summed E-state index contributed by atoms with van der Waals surface area (Å²) in [5.74, 6) is -2.86. The number of thioether (sulfide) groups is 1. The van der Waals surface area contributed by atoms with Crippen LogP contribution < -0.4 is 5.32 Å². The number of carbonyl (C=O) groups excluding carboxylic acids is 1. The van der Waals surface area contributed by atoms with E-state index in [0.29, 0.717) is 11.4 Å². The largest absolute Gasteiger partial charge is 0.481 e. The molecule has 3 N–H and O–H groups in total. The summed E-state index contributed by atoms with van der Waals surface area (Å²) in [5, 5.41) is 21.1. The van der Waals surface area contributed by atoms with Crippen LogP contribution in [0.2, 0.25) is 0 Å². The molecule has 0 unspecified atom stereocenters. The number of aromatic nitrogens is 1. The molecule has 28 heavy (non-hydrogen) atoms. The van der Waals surface area contributed by atoms with E-state index in [9.17, 15) is 19.5 Å². The molecular weight excluding hydrogens is 400 g/mol.